The van der Waals surface area contributed by atoms with Crippen LogP contribution in [-0.2, 0) is 6.42 Å². The van der Waals surface area contributed by atoms with Crippen LogP contribution < -0.4 is 11.4 Å². The summed E-state index contributed by atoms with van der Waals surface area (Å²) in [4.78, 5) is 23.6. The van der Waals surface area contributed by atoms with Gasteiger partial charge in [0.25, 0.3) is 0 Å². The van der Waals surface area contributed by atoms with Gasteiger partial charge < -0.3 is 15.3 Å². The van der Waals surface area contributed by atoms with E-state index in [0.29, 0.717) is 11.3 Å². The van der Waals surface area contributed by atoms with Crippen molar-refractivity contribution in [3.8, 4) is 5.75 Å². The summed E-state index contributed by atoms with van der Waals surface area (Å²) in [5, 5.41) is 9.66. The monoisotopic (exact) mass is 295 g/mol. The predicted octanol–water partition coefficient (Wildman–Crippen LogP) is 2.08. The van der Waals surface area contributed by atoms with Crippen LogP contribution in [0.5, 0.6) is 5.75 Å². The van der Waals surface area contributed by atoms with E-state index in [1.807, 2.05) is 0 Å². The van der Waals surface area contributed by atoms with Gasteiger partial charge in [-0.05, 0) is 24.6 Å². The smallest absolute Gasteiger partial charge is 0.350 e. The number of nitrogens with two attached hydrogens (primary N) is 1. The number of aromatic hydroxyl groups is 1. The largest absolute Gasteiger partial charge is 0.507 e. The minimum atomic E-state index is -0.821. The number of hydrogen-bond donors (Lipinski definition) is 2. The van der Waals surface area contributed by atoms with Gasteiger partial charge in [-0.3, -0.25) is 4.79 Å². The van der Waals surface area contributed by atoms with Crippen LogP contribution in [0, 0.1) is 6.92 Å². The number of benzene rings is 1. The Hall–Kier alpha value is -2.27. The van der Waals surface area contributed by atoms with Crippen molar-refractivity contribution in [1.82, 2.24) is 0 Å². The number of ketones is 1. The van der Waals surface area contributed by atoms with Gasteiger partial charge in [0.2, 0.25) is 0 Å². The normalized spacial score (nSPS) is 9.85. The van der Waals surface area contributed by atoms with Crippen molar-refractivity contribution in [1.29, 1.82) is 0 Å². The molecule has 0 saturated carbocycles. The molecule has 2 aromatic rings. The molecule has 6 heteroatoms. The molecule has 1 aromatic heterocycles. The molecule has 0 aliphatic heterocycles. The van der Waals surface area contributed by atoms with E-state index in [-0.39, 0.29) is 35.9 Å². The molecule has 0 saturated heterocycles. The van der Waals surface area contributed by atoms with Gasteiger partial charge in [-0.15, -0.1) is 12.4 Å². The Morgan fingerprint density at radius 3 is 2.45 bits per heavy atom. The average Bonchev–Trinajstić information content (AvgIpc) is 2.30. The van der Waals surface area contributed by atoms with Crippen molar-refractivity contribution >= 4 is 23.9 Å². The number of rotatable bonds is 3. The van der Waals surface area contributed by atoms with Crippen LogP contribution >= 0.6 is 12.4 Å². The molecule has 20 heavy (non-hydrogen) atoms. The van der Waals surface area contributed by atoms with Crippen molar-refractivity contribution in [2.75, 3.05) is 5.73 Å². The van der Waals surface area contributed by atoms with Gasteiger partial charge in [-0.2, -0.15) is 0 Å². The molecule has 0 bridgehead atoms. The van der Waals surface area contributed by atoms with E-state index in [0.717, 1.165) is 0 Å². The molecular formula is C14H14ClNO4. The number of aryl methyl sites for hydroxylation is 1. The molecule has 3 N–H and O–H groups in total. The van der Waals surface area contributed by atoms with Crippen molar-refractivity contribution in [3.05, 3.63) is 57.6 Å². The summed E-state index contributed by atoms with van der Waals surface area (Å²) in [6.07, 6.45) is 0.00165. The third kappa shape index (κ3) is 3.39. The summed E-state index contributed by atoms with van der Waals surface area (Å²) >= 11 is 0. The number of nitrogen functional groups attached to an aromatic ring is 1. The molecule has 0 unspecified atom stereocenters. The Morgan fingerprint density at radius 2 is 1.90 bits per heavy atom. The van der Waals surface area contributed by atoms with Crippen molar-refractivity contribution in [2.24, 2.45) is 0 Å². The first-order chi connectivity index (χ1) is 8.97. The van der Waals surface area contributed by atoms with Gasteiger partial charge in [0, 0.05) is 18.2 Å². The molecule has 0 amide bonds. The Labute approximate surface area is 121 Å². The fraction of sp³-hybridized carbons (Fsp3) is 0.143. The Morgan fingerprint density at radius 1 is 1.30 bits per heavy atom. The number of hydrogen-bond acceptors (Lipinski definition) is 5. The molecule has 5 nitrogen and oxygen atoms in total. The maximum Gasteiger partial charge on any atom is 0.350 e. The topological polar surface area (TPSA) is 93.5 Å². The van der Waals surface area contributed by atoms with Gasteiger partial charge in [0.15, 0.2) is 5.78 Å². The van der Waals surface area contributed by atoms with Gasteiger partial charge in [-0.1, -0.05) is 12.1 Å². The summed E-state index contributed by atoms with van der Waals surface area (Å²) in [7, 11) is 0. The zero-order valence-electron chi connectivity index (χ0n) is 10.8. The first-order valence-electron chi connectivity index (χ1n) is 5.68. The standard InChI is InChI=1S/C14H13NO4.ClH/c1-8-6-11(16)13(14(18)19-8)12(17)7-9-2-4-10(15)5-3-9;/h2-6,16H,7,15H2,1H3;1H. The van der Waals surface area contributed by atoms with Gasteiger partial charge in [0.1, 0.15) is 17.1 Å². The zero-order valence-corrected chi connectivity index (χ0v) is 11.6. The summed E-state index contributed by atoms with van der Waals surface area (Å²) < 4.78 is 4.81. The summed E-state index contributed by atoms with van der Waals surface area (Å²) in [5.41, 5.74) is 5.70. The molecule has 0 aliphatic carbocycles. The summed E-state index contributed by atoms with van der Waals surface area (Å²) in [5.74, 6) is -0.586. The van der Waals surface area contributed by atoms with Gasteiger partial charge in [0.05, 0.1) is 0 Å². The third-order valence-corrected chi connectivity index (χ3v) is 2.68. The second kappa shape index (κ2) is 6.25. The van der Waals surface area contributed by atoms with Crippen molar-refractivity contribution in [3.63, 3.8) is 0 Å². The SMILES string of the molecule is Cc1cc(O)c(C(=O)Cc2ccc(N)cc2)c(=O)o1.Cl. The van der Waals surface area contributed by atoms with E-state index in [4.69, 9.17) is 10.2 Å². The van der Waals surface area contributed by atoms with Crippen LogP contribution in [0.3, 0.4) is 0 Å². The number of anilines is 1. The van der Waals surface area contributed by atoms with E-state index < -0.39 is 11.4 Å². The highest BCUT2D eigenvalue weighted by atomic mass is 35.5. The second-order valence-electron chi connectivity index (χ2n) is 4.25. The molecule has 0 fully saturated rings. The van der Waals surface area contributed by atoms with Crippen LogP contribution in [0.1, 0.15) is 21.7 Å². The Balaban J connectivity index is 0.00000200. The van der Waals surface area contributed by atoms with Crippen LogP contribution in [0.4, 0.5) is 5.69 Å². The Kier molecular flexibility index (Phi) is 4.94. The van der Waals surface area contributed by atoms with Gasteiger partial charge in [-0.25, -0.2) is 4.79 Å². The average molecular weight is 296 g/mol. The molecule has 0 atom stereocenters. The molecule has 1 aromatic carbocycles. The molecule has 0 radical (unpaired) electrons. The molecule has 1 heterocycles. The maximum absolute atomic E-state index is 12.0. The number of halogens is 1. The van der Waals surface area contributed by atoms with Crippen molar-refractivity contribution < 1.29 is 14.3 Å². The minimum Gasteiger partial charge on any atom is -0.507 e. The Bertz CT molecular complexity index is 677. The quantitative estimate of drug-likeness (QED) is 0.668. The van der Waals surface area contributed by atoms with Crippen molar-refractivity contribution in [2.45, 2.75) is 13.3 Å². The number of carbonyl (C=O) groups is 1. The van der Waals surface area contributed by atoms with E-state index in [2.05, 4.69) is 0 Å². The first-order valence-corrected chi connectivity index (χ1v) is 5.68. The molecule has 0 aliphatic rings. The molecular weight excluding hydrogens is 282 g/mol. The zero-order chi connectivity index (χ0) is 14.0. The first kappa shape index (κ1) is 15.8. The summed E-state index contributed by atoms with van der Waals surface area (Å²) in [6, 6.07) is 7.97. The van der Waals surface area contributed by atoms with Crippen LogP contribution in [0.2, 0.25) is 0 Å². The van der Waals surface area contributed by atoms with Crippen LogP contribution in [0.25, 0.3) is 0 Å². The highest BCUT2D eigenvalue weighted by Gasteiger charge is 2.18. The lowest BCUT2D eigenvalue weighted by atomic mass is 10.0. The third-order valence-electron chi connectivity index (χ3n) is 2.68. The van der Waals surface area contributed by atoms with Crippen LogP contribution in [0.15, 0.2) is 39.5 Å². The maximum atomic E-state index is 12.0. The fourth-order valence-corrected chi connectivity index (χ4v) is 1.76. The van der Waals surface area contributed by atoms with E-state index >= 15 is 0 Å². The summed E-state index contributed by atoms with van der Waals surface area (Å²) in [6.45, 7) is 1.52. The lowest BCUT2D eigenvalue weighted by Gasteiger charge is -2.04. The lowest BCUT2D eigenvalue weighted by molar-refractivity contribution is 0.0986. The second-order valence-corrected chi connectivity index (χ2v) is 4.25. The van der Waals surface area contributed by atoms with E-state index in [1.165, 1.54) is 13.0 Å². The number of Topliss-reactive ketones (excluding diaryl/α,β-unsaturated/α-hetero) is 1. The highest BCUT2D eigenvalue weighted by Crippen LogP contribution is 2.17. The minimum absolute atomic E-state index is 0. The predicted molar refractivity (Wildman–Crippen MR) is 77.5 cm³/mol. The van der Waals surface area contributed by atoms with E-state index in [9.17, 15) is 14.7 Å². The fourth-order valence-electron chi connectivity index (χ4n) is 1.76. The number of carbonyl (C=O) groups excluding carboxylic acids is 1. The molecule has 2 rings (SSSR count). The molecule has 0 spiro atoms. The lowest BCUT2D eigenvalue weighted by Crippen LogP contribution is -2.16. The molecule has 106 valence electrons. The van der Waals surface area contributed by atoms with Crippen LogP contribution in [-0.4, -0.2) is 10.9 Å². The van der Waals surface area contributed by atoms with E-state index in [1.54, 1.807) is 24.3 Å². The highest BCUT2D eigenvalue weighted by molar-refractivity contribution is 5.99. The van der Waals surface area contributed by atoms with Gasteiger partial charge >= 0.3 is 5.63 Å².